The lowest BCUT2D eigenvalue weighted by Gasteiger charge is -2.36. The van der Waals surface area contributed by atoms with Gasteiger partial charge in [0.05, 0.1) is 10.9 Å². The number of hydrogen-bond acceptors (Lipinski definition) is 5. The van der Waals surface area contributed by atoms with Gasteiger partial charge in [-0.15, -0.1) is 0 Å². The Morgan fingerprint density at radius 3 is 2.86 bits per heavy atom. The lowest BCUT2D eigenvalue weighted by molar-refractivity contribution is -0.124. The Morgan fingerprint density at radius 1 is 1.11 bits per heavy atom. The van der Waals surface area contributed by atoms with E-state index in [0.717, 1.165) is 42.8 Å². The van der Waals surface area contributed by atoms with Crippen LogP contribution in [0.3, 0.4) is 0 Å². The highest BCUT2D eigenvalue weighted by Gasteiger charge is 2.24. The molecule has 1 saturated carbocycles. The van der Waals surface area contributed by atoms with Crippen molar-refractivity contribution in [3.05, 3.63) is 30.6 Å². The first-order valence-electron chi connectivity index (χ1n) is 10.6. The minimum absolute atomic E-state index is 0.0138. The van der Waals surface area contributed by atoms with Crippen LogP contribution in [0.25, 0.3) is 10.9 Å². The zero-order valence-corrected chi connectivity index (χ0v) is 16.5. The molecule has 6 nitrogen and oxygen atoms in total. The summed E-state index contributed by atoms with van der Waals surface area (Å²) in [5, 5.41) is 3.98. The van der Waals surface area contributed by atoms with Gasteiger partial charge in [0.15, 0.2) is 6.61 Å². The van der Waals surface area contributed by atoms with E-state index in [1.165, 1.54) is 45.0 Å². The van der Waals surface area contributed by atoms with Crippen molar-refractivity contribution in [1.29, 1.82) is 0 Å². The third kappa shape index (κ3) is 4.98. The maximum atomic E-state index is 12.4. The van der Waals surface area contributed by atoms with Crippen LogP contribution < -0.4 is 10.1 Å². The number of nitrogens with one attached hydrogen (secondary N) is 1. The van der Waals surface area contributed by atoms with Gasteiger partial charge in [0.25, 0.3) is 5.91 Å². The fourth-order valence-corrected chi connectivity index (χ4v) is 4.57. The molecule has 1 aliphatic heterocycles. The molecule has 28 heavy (non-hydrogen) atoms. The number of nitrogens with zero attached hydrogens (tertiary/aromatic N) is 3. The quantitative estimate of drug-likeness (QED) is 0.831. The highest BCUT2D eigenvalue weighted by Crippen LogP contribution is 2.25. The molecular weight excluding hydrogens is 352 g/mol. The number of hydrogen-bond donors (Lipinski definition) is 1. The van der Waals surface area contributed by atoms with Crippen molar-refractivity contribution in [1.82, 2.24) is 20.2 Å². The van der Waals surface area contributed by atoms with E-state index in [2.05, 4.69) is 20.2 Å². The average Bonchev–Trinajstić information content (AvgIpc) is 2.73. The van der Waals surface area contributed by atoms with Gasteiger partial charge in [-0.05, 0) is 50.3 Å². The van der Waals surface area contributed by atoms with Crippen molar-refractivity contribution in [2.24, 2.45) is 5.92 Å². The van der Waals surface area contributed by atoms with Crippen LogP contribution >= 0.6 is 0 Å². The van der Waals surface area contributed by atoms with E-state index < -0.39 is 0 Å². The predicted molar refractivity (Wildman–Crippen MR) is 109 cm³/mol. The molecule has 2 aromatic rings. The topological polar surface area (TPSA) is 67.3 Å². The molecule has 1 N–H and O–H groups in total. The van der Waals surface area contributed by atoms with E-state index in [4.69, 9.17) is 4.74 Å². The van der Waals surface area contributed by atoms with Gasteiger partial charge in [-0.1, -0.05) is 31.4 Å². The van der Waals surface area contributed by atoms with Gasteiger partial charge in [0.1, 0.15) is 6.33 Å². The fourth-order valence-electron chi connectivity index (χ4n) is 4.57. The number of ether oxygens (including phenoxy) is 1. The van der Waals surface area contributed by atoms with Crippen LogP contribution in [0.5, 0.6) is 5.88 Å². The second-order valence-electron chi connectivity index (χ2n) is 8.15. The minimum Gasteiger partial charge on any atom is -0.467 e. The third-order valence-electron chi connectivity index (χ3n) is 5.96. The van der Waals surface area contributed by atoms with Crippen LogP contribution in [0.15, 0.2) is 30.6 Å². The van der Waals surface area contributed by atoms with Crippen molar-refractivity contribution in [2.75, 3.05) is 26.2 Å². The van der Waals surface area contributed by atoms with Crippen LogP contribution in [0.4, 0.5) is 0 Å². The summed E-state index contributed by atoms with van der Waals surface area (Å²) in [4.78, 5) is 23.4. The van der Waals surface area contributed by atoms with Crippen LogP contribution in [0.2, 0.25) is 0 Å². The normalized spacial score (nSPS) is 21.5. The summed E-state index contributed by atoms with van der Waals surface area (Å²) in [6, 6.07) is 7.88. The number of fused-ring (bicyclic) bond motifs is 1. The Balaban J connectivity index is 1.26. The van der Waals surface area contributed by atoms with E-state index >= 15 is 0 Å². The number of likely N-dealkylation sites (tertiary alicyclic amines) is 1. The van der Waals surface area contributed by atoms with E-state index in [9.17, 15) is 4.79 Å². The van der Waals surface area contributed by atoms with Crippen molar-refractivity contribution < 1.29 is 9.53 Å². The Morgan fingerprint density at radius 2 is 1.96 bits per heavy atom. The lowest BCUT2D eigenvalue weighted by atomic mass is 9.88. The van der Waals surface area contributed by atoms with Gasteiger partial charge in [-0.25, -0.2) is 9.97 Å². The first-order chi connectivity index (χ1) is 13.8. The van der Waals surface area contributed by atoms with E-state index in [1.54, 1.807) is 0 Å². The molecule has 4 rings (SSSR count). The van der Waals surface area contributed by atoms with Crippen LogP contribution in [0.1, 0.15) is 44.9 Å². The van der Waals surface area contributed by atoms with Gasteiger partial charge in [-0.2, -0.15) is 0 Å². The molecule has 6 heteroatoms. The van der Waals surface area contributed by atoms with Gasteiger partial charge in [0.2, 0.25) is 5.88 Å². The van der Waals surface area contributed by atoms with E-state index in [0.29, 0.717) is 5.88 Å². The molecule has 2 aliphatic rings. The molecule has 1 aliphatic carbocycles. The van der Waals surface area contributed by atoms with Crippen LogP contribution in [-0.4, -0.2) is 53.1 Å². The van der Waals surface area contributed by atoms with Crippen molar-refractivity contribution in [3.63, 3.8) is 0 Å². The molecular formula is C22H30N4O2. The number of piperidine rings is 1. The number of rotatable bonds is 6. The van der Waals surface area contributed by atoms with Gasteiger partial charge in [0, 0.05) is 19.1 Å². The molecule has 0 bridgehead atoms. The van der Waals surface area contributed by atoms with Crippen molar-refractivity contribution in [2.45, 2.75) is 51.0 Å². The standard InChI is InChI=1S/C22H30N4O2/c27-21(15-28-22-19-10-4-5-11-20(19)23-16-24-22)25-18-9-6-12-26(14-18)13-17-7-2-1-3-8-17/h4-5,10-11,16-18H,1-3,6-9,12-15H2,(H,25,27)/t18-/m0/s1. The maximum absolute atomic E-state index is 12.4. The van der Waals surface area contributed by atoms with Gasteiger partial charge < -0.3 is 15.0 Å². The number of carbonyl (C=O) groups is 1. The Kier molecular flexibility index (Phi) is 6.37. The Hall–Kier alpha value is -2.21. The molecule has 2 heterocycles. The summed E-state index contributed by atoms with van der Waals surface area (Å²) in [7, 11) is 0. The van der Waals surface area contributed by atoms with E-state index in [1.807, 2.05) is 24.3 Å². The molecule has 1 amide bonds. The summed E-state index contributed by atoms with van der Waals surface area (Å²) in [5.74, 6) is 1.23. The molecule has 150 valence electrons. The van der Waals surface area contributed by atoms with Gasteiger partial charge in [-0.3, -0.25) is 4.79 Å². The molecule has 1 saturated heterocycles. The highest BCUT2D eigenvalue weighted by molar-refractivity contribution is 5.84. The first-order valence-corrected chi connectivity index (χ1v) is 10.6. The van der Waals surface area contributed by atoms with Gasteiger partial charge >= 0.3 is 0 Å². The second-order valence-corrected chi connectivity index (χ2v) is 8.15. The number of benzene rings is 1. The minimum atomic E-state index is -0.0767. The zero-order chi connectivity index (χ0) is 19.2. The second kappa shape index (κ2) is 9.32. The average molecular weight is 383 g/mol. The number of carbonyl (C=O) groups excluding carboxylic acids is 1. The largest absolute Gasteiger partial charge is 0.467 e. The summed E-state index contributed by atoms with van der Waals surface area (Å²) in [5.41, 5.74) is 0.818. The highest BCUT2D eigenvalue weighted by atomic mass is 16.5. The molecule has 1 aromatic heterocycles. The molecule has 0 radical (unpaired) electrons. The third-order valence-corrected chi connectivity index (χ3v) is 5.96. The predicted octanol–water partition coefficient (Wildman–Crippen LogP) is 3.17. The number of amides is 1. The fraction of sp³-hybridized carbons (Fsp3) is 0.591. The molecule has 1 aromatic carbocycles. The molecule has 0 unspecified atom stereocenters. The monoisotopic (exact) mass is 382 g/mol. The Labute approximate surface area is 166 Å². The number of aromatic nitrogens is 2. The lowest BCUT2D eigenvalue weighted by Crippen LogP contribution is -2.49. The molecule has 2 fully saturated rings. The summed E-state index contributed by atoms with van der Waals surface area (Å²) >= 11 is 0. The molecule has 0 spiro atoms. The Bertz CT molecular complexity index is 786. The van der Waals surface area contributed by atoms with E-state index in [-0.39, 0.29) is 18.6 Å². The maximum Gasteiger partial charge on any atom is 0.258 e. The summed E-state index contributed by atoms with van der Waals surface area (Å²) in [6.07, 6.45) is 10.6. The summed E-state index contributed by atoms with van der Waals surface area (Å²) in [6.45, 7) is 3.29. The van der Waals surface area contributed by atoms with Crippen LogP contribution in [0, 0.1) is 5.92 Å². The SMILES string of the molecule is O=C(COc1ncnc2ccccc12)N[C@H]1CCCN(CC2CCCCC2)C1. The summed E-state index contributed by atoms with van der Waals surface area (Å²) < 4.78 is 5.69. The first kappa shape index (κ1) is 19.1. The molecule has 1 atom stereocenters. The van der Waals surface area contributed by atoms with Crippen molar-refractivity contribution >= 4 is 16.8 Å². The van der Waals surface area contributed by atoms with Crippen molar-refractivity contribution in [3.8, 4) is 5.88 Å². The van der Waals surface area contributed by atoms with Crippen LogP contribution in [-0.2, 0) is 4.79 Å². The zero-order valence-electron chi connectivity index (χ0n) is 16.5. The number of para-hydroxylation sites is 1. The smallest absolute Gasteiger partial charge is 0.258 e.